The molecular weight excluding hydrogens is 455 g/mol. The maximum atomic E-state index is 7.18. The molecule has 0 saturated carbocycles. The van der Waals surface area contributed by atoms with Crippen molar-refractivity contribution >= 4 is 23.2 Å². The van der Waals surface area contributed by atoms with E-state index in [1.807, 2.05) is 42.5 Å². The lowest BCUT2D eigenvalue weighted by atomic mass is 9.79. The van der Waals surface area contributed by atoms with Crippen LogP contribution in [0.1, 0.15) is 33.7 Å². The second-order valence-corrected chi connectivity index (χ2v) is 9.66. The Morgan fingerprint density at radius 1 is 0.471 bits per heavy atom. The van der Waals surface area contributed by atoms with Crippen LogP contribution in [-0.2, 0) is 4.33 Å². The van der Waals surface area contributed by atoms with Crippen LogP contribution < -0.4 is 0 Å². The van der Waals surface area contributed by atoms with Crippen LogP contribution in [-0.4, -0.2) is 0 Å². The van der Waals surface area contributed by atoms with E-state index in [1.165, 1.54) is 16.7 Å². The zero-order chi connectivity index (χ0) is 23.4. The third kappa shape index (κ3) is 4.40. The maximum Gasteiger partial charge on any atom is 0.168 e. The molecule has 0 aliphatic carbocycles. The summed E-state index contributed by atoms with van der Waals surface area (Å²) in [6.07, 6.45) is 0. The Kier molecular flexibility index (Phi) is 6.54. The van der Waals surface area contributed by atoms with Crippen LogP contribution in [0.2, 0.25) is 0 Å². The largest absolute Gasteiger partial charge is 0.168 e. The van der Waals surface area contributed by atoms with Gasteiger partial charge in [0, 0.05) is 11.5 Å². The molecule has 0 fully saturated rings. The van der Waals surface area contributed by atoms with Gasteiger partial charge in [0.1, 0.15) is 0 Å². The highest BCUT2D eigenvalue weighted by atomic mass is 35.5. The number of hydrogen-bond acceptors (Lipinski definition) is 0. The van der Waals surface area contributed by atoms with Gasteiger partial charge in [0.15, 0.2) is 4.33 Å². The van der Waals surface area contributed by atoms with E-state index in [9.17, 15) is 0 Å². The van der Waals surface area contributed by atoms with E-state index in [0.717, 1.165) is 22.3 Å². The minimum Gasteiger partial charge on any atom is -0.0909 e. The Balaban J connectivity index is 1.82. The smallest absolute Gasteiger partial charge is 0.0909 e. The summed E-state index contributed by atoms with van der Waals surface area (Å²) in [7, 11) is 0. The topological polar surface area (TPSA) is 0 Å². The van der Waals surface area contributed by atoms with Crippen LogP contribution in [0.3, 0.4) is 0 Å². The fourth-order valence-corrected chi connectivity index (χ4v) is 5.21. The number of halogens is 2. The van der Waals surface area contributed by atoms with Crippen molar-refractivity contribution in [2.45, 2.75) is 10.3 Å². The third-order valence-electron chi connectivity index (χ3n) is 6.21. The summed E-state index contributed by atoms with van der Waals surface area (Å²) >= 11 is 14.4. The molecule has 0 aliphatic heterocycles. The molecule has 0 spiro atoms. The zero-order valence-corrected chi connectivity index (χ0v) is 20.1. The standard InChI is InChI=1S/C32H24Cl2/c33-32(34,27-20-11-4-12-21-27)29-23-13-22-28(31(29)26-18-9-3-10-19-26)30(24-14-5-1-6-15-24)25-16-7-2-8-17-25/h1-23,30H. The van der Waals surface area contributed by atoms with Crippen LogP contribution in [0.15, 0.2) is 140 Å². The molecule has 0 aromatic heterocycles. The van der Waals surface area contributed by atoms with Gasteiger partial charge in [-0.1, -0.05) is 163 Å². The van der Waals surface area contributed by atoms with Gasteiger partial charge in [-0.25, -0.2) is 0 Å². The van der Waals surface area contributed by atoms with Crippen LogP contribution in [0.4, 0.5) is 0 Å². The molecule has 0 heterocycles. The lowest BCUT2D eigenvalue weighted by molar-refractivity contribution is 0.961. The van der Waals surface area contributed by atoms with Crippen molar-refractivity contribution in [1.29, 1.82) is 0 Å². The normalized spacial score (nSPS) is 11.5. The summed E-state index contributed by atoms with van der Waals surface area (Å²) in [5, 5.41) is 0. The molecule has 2 heteroatoms. The molecule has 0 atom stereocenters. The predicted molar refractivity (Wildman–Crippen MR) is 145 cm³/mol. The number of hydrogen-bond donors (Lipinski definition) is 0. The van der Waals surface area contributed by atoms with E-state index in [-0.39, 0.29) is 5.92 Å². The Hall–Kier alpha value is -3.32. The van der Waals surface area contributed by atoms with Crippen molar-refractivity contribution in [3.05, 3.63) is 167 Å². The number of alkyl halides is 2. The fourth-order valence-electron chi connectivity index (χ4n) is 4.64. The highest BCUT2D eigenvalue weighted by Crippen LogP contribution is 2.48. The Morgan fingerprint density at radius 3 is 1.47 bits per heavy atom. The number of benzene rings is 5. The molecule has 0 nitrogen and oxygen atoms in total. The van der Waals surface area contributed by atoms with Crippen molar-refractivity contribution < 1.29 is 0 Å². The molecule has 0 bridgehead atoms. The molecule has 0 aliphatic rings. The van der Waals surface area contributed by atoms with E-state index in [2.05, 4.69) is 97.1 Å². The molecule has 5 aromatic rings. The van der Waals surface area contributed by atoms with E-state index in [0.29, 0.717) is 0 Å². The first kappa shape index (κ1) is 22.5. The first-order valence-electron chi connectivity index (χ1n) is 11.4. The minimum atomic E-state index is -1.21. The van der Waals surface area contributed by atoms with Gasteiger partial charge in [0.25, 0.3) is 0 Å². The fraction of sp³-hybridized carbons (Fsp3) is 0.0625. The third-order valence-corrected chi connectivity index (χ3v) is 7.05. The van der Waals surface area contributed by atoms with Gasteiger partial charge >= 0.3 is 0 Å². The highest BCUT2D eigenvalue weighted by Gasteiger charge is 2.34. The molecule has 5 rings (SSSR count). The van der Waals surface area contributed by atoms with Gasteiger partial charge in [0.05, 0.1) is 0 Å². The lowest BCUT2D eigenvalue weighted by Gasteiger charge is -2.29. The summed E-state index contributed by atoms with van der Waals surface area (Å²) in [4.78, 5) is 0. The minimum absolute atomic E-state index is 0.0254. The van der Waals surface area contributed by atoms with Crippen molar-refractivity contribution in [3.63, 3.8) is 0 Å². The molecule has 0 unspecified atom stereocenters. The van der Waals surface area contributed by atoms with Crippen LogP contribution in [0.25, 0.3) is 11.1 Å². The summed E-state index contributed by atoms with van der Waals surface area (Å²) in [6.45, 7) is 0. The van der Waals surface area contributed by atoms with Gasteiger partial charge in [-0.2, -0.15) is 0 Å². The SMILES string of the molecule is ClC(Cl)(c1ccccc1)c1cccc(C(c2ccccc2)c2ccccc2)c1-c1ccccc1. The monoisotopic (exact) mass is 478 g/mol. The van der Waals surface area contributed by atoms with Crippen molar-refractivity contribution in [3.8, 4) is 11.1 Å². The summed E-state index contributed by atoms with van der Waals surface area (Å²) in [5.74, 6) is 0.0254. The lowest BCUT2D eigenvalue weighted by Crippen LogP contribution is -2.16. The molecule has 0 saturated heterocycles. The van der Waals surface area contributed by atoms with Crippen molar-refractivity contribution in [2.75, 3.05) is 0 Å². The molecule has 166 valence electrons. The second-order valence-electron chi connectivity index (χ2n) is 8.33. The maximum absolute atomic E-state index is 7.18. The van der Waals surface area contributed by atoms with E-state index in [4.69, 9.17) is 23.2 Å². The van der Waals surface area contributed by atoms with Gasteiger partial charge in [-0.05, 0) is 33.4 Å². The van der Waals surface area contributed by atoms with Crippen molar-refractivity contribution in [1.82, 2.24) is 0 Å². The molecule has 34 heavy (non-hydrogen) atoms. The molecule has 0 N–H and O–H groups in total. The van der Waals surface area contributed by atoms with E-state index in [1.54, 1.807) is 0 Å². The molecular formula is C32H24Cl2. The summed E-state index contributed by atoms with van der Waals surface area (Å²) < 4.78 is -1.21. The average Bonchev–Trinajstić information content (AvgIpc) is 2.91. The Bertz CT molecular complexity index is 1310. The molecule has 0 amide bonds. The molecule has 0 radical (unpaired) electrons. The first-order chi connectivity index (χ1) is 16.7. The van der Waals surface area contributed by atoms with Crippen LogP contribution >= 0.6 is 23.2 Å². The van der Waals surface area contributed by atoms with Gasteiger partial charge in [-0.3, -0.25) is 0 Å². The molecule has 5 aromatic carbocycles. The summed E-state index contributed by atoms with van der Waals surface area (Å²) in [5.41, 5.74) is 7.49. The first-order valence-corrected chi connectivity index (χ1v) is 12.1. The Morgan fingerprint density at radius 2 is 0.941 bits per heavy atom. The highest BCUT2D eigenvalue weighted by molar-refractivity contribution is 6.50. The zero-order valence-electron chi connectivity index (χ0n) is 18.6. The number of rotatable bonds is 6. The summed E-state index contributed by atoms with van der Waals surface area (Å²) in [6, 6.07) is 47.8. The van der Waals surface area contributed by atoms with E-state index < -0.39 is 4.33 Å². The quantitative estimate of drug-likeness (QED) is 0.168. The van der Waals surface area contributed by atoms with Gasteiger partial charge < -0.3 is 0 Å². The Labute approximate surface area is 211 Å². The van der Waals surface area contributed by atoms with Gasteiger partial charge in [0.2, 0.25) is 0 Å². The second kappa shape index (κ2) is 9.89. The van der Waals surface area contributed by atoms with Crippen LogP contribution in [0.5, 0.6) is 0 Å². The van der Waals surface area contributed by atoms with E-state index >= 15 is 0 Å². The predicted octanol–water partition coefficient (Wildman–Crippen LogP) is 9.21. The van der Waals surface area contributed by atoms with Crippen LogP contribution in [0, 0.1) is 0 Å². The van der Waals surface area contributed by atoms with Gasteiger partial charge in [-0.15, -0.1) is 0 Å². The van der Waals surface area contributed by atoms with Crippen molar-refractivity contribution in [2.24, 2.45) is 0 Å². The average molecular weight is 479 g/mol.